The summed E-state index contributed by atoms with van der Waals surface area (Å²) in [6.45, 7) is 3.49. The highest BCUT2D eigenvalue weighted by Crippen LogP contribution is 2.22. The lowest BCUT2D eigenvalue weighted by molar-refractivity contribution is 0.301. The topological polar surface area (TPSA) is 21.3 Å². The molecule has 0 bridgehead atoms. The number of hydrogen-bond acceptors (Lipinski definition) is 2. The zero-order valence-electron chi connectivity index (χ0n) is 15.7. The van der Waals surface area contributed by atoms with E-state index in [-0.39, 0.29) is 0 Å². The Hall–Kier alpha value is -2.29. The van der Waals surface area contributed by atoms with Crippen molar-refractivity contribution in [3.8, 4) is 5.75 Å². The molecule has 2 nitrogen and oxygen atoms in total. The van der Waals surface area contributed by atoms with Gasteiger partial charge in [0.25, 0.3) is 0 Å². The third-order valence-electron chi connectivity index (χ3n) is 4.66. The maximum absolute atomic E-state index is 6.23. The van der Waals surface area contributed by atoms with Crippen molar-refractivity contribution in [2.75, 3.05) is 0 Å². The van der Waals surface area contributed by atoms with Gasteiger partial charge in [0.15, 0.2) is 0 Å². The number of aryl methyl sites for hydroxylation is 1. The predicted octanol–water partition coefficient (Wildman–Crippen LogP) is 6.03. The SMILES string of the molecule is CC(CCc1ccccc1)NCc1ccccc1OCc1ccccc1Cl. The van der Waals surface area contributed by atoms with Crippen molar-refractivity contribution < 1.29 is 4.74 Å². The van der Waals surface area contributed by atoms with Gasteiger partial charge in [-0.05, 0) is 37.5 Å². The van der Waals surface area contributed by atoms with Crippen molar-refractivity contribution >= 4 is 11.6 Å². The van der Waals surface area contributed by atoms with Gasteiger partial charge < -0.3 is 10.1 Å². The summed E-state index contributed by atoms with van der Waals surface area (Å²) in [6, 6.07) is 27.0. The van der Waals surface area contributed by atoms with Gasteiger partial charge in [-0.2, -0.15) is 0 Å². The molecular formula is C24H26ClNO. The van der Waals surface area contributed by atoms with Crippen LogP contribution in [-0.4, -0.2) is 6.04 Å². The van der Waals surface area contributed by atoms with Crippen LogP contribution < -0.4 is 10.1 Å². The minimum Gasteiger partial charge on any atom is -0.489 e. The lowest BCUT2D eigenvalue weighted by Crippen LogP contribution is -2.26. The average molecular weight is 380 g/mol. The molecule has 3 aromatic carbocycles. The Labute approximate surface area is 167 Å². The molecular weight excluding hydrogens is 354 g/mol. The molecule has 0 heterocycles. The molecule has 0 aliphatic heterocycles. The summed E-state index contributed by atoms with van der Waals surface area (Å²) >= 11 is 6.23. The van der Waals surface area contributed by atoms with Crippen molar-refractivity contribution in [2.24, 2.45) is 0 Å². The zero-order valence-corrected chi connectivity index (χ0v) is 16.5. The number of ether oxygens (including phenoxy) is 1. The highest BCUT2D eigenvalue weighted by atomic mass is 35.5. The molecule has 0 amide bonds. The van der Waals surface area contributed by atoms with Crippen molar-refractivity contribution in [3.05, 3.63) is 101 Å². The normalized spacial score (nSPS) is 11.9. The maximum Gasteiger partial charge on any atom is 0.124 e. The Morgan fingerprint density at radius 2 is 1.52 bits per heavy atom. The molecule has 0 saturated carbocycles. The van der Waals surface area contributed by atoms with Gasteiger partial charge in [-0.1, -0.05) is 78.3 Å². The van der Waals surface area contributed by atoms with E-state index in [1.54, 1.807) is 0 Å². The molecule has 3 rings (SSSR count). The highest BCUT2D eigenvalue weighted by Gasteiger charge is 2.07. The minimum absolute atomic E-state index is 0.432. The third kappa shape index (κ3) is 6.13. The van der Waals surface area contributed by atoms with Gasteiger partial charge in [-0.15, -0.1) is 0 Å². The Bertz CT molecular complexity index is 835. The Morgan fingerprint density at radius 3 is 2.30 bits per heavy atom. The van der Waals surface area contributed by atoms with Crippen molar-refractivity contribution in [1.82, 2.24) is 5.32 Å². The monoisotopic (exact) mass is 379 g/mol. The summed E-state index contributed by atoms with van der Waals surface area (Å²) in [5.41, 5.74) is 3.55. The first-order chi connectivity index (χ1) is 13.2. The Balaban J connectivity index is 1.52. The first kappa shape index (κ1) is 19.5. The van der Waals surface area contributed by atoms with Crippen LogP contribution in [0, 0.1) is 0 Å². The molecule has 3 heteroatoms. The van der Waals surface area contributed by atoms with Crippen LogP contribution in [-0.2, 0) is 19.6 Å². The van der Waals surface area contributed by atoms with E-state index in [4.69, 9.17) is 16.3 Å². The second kappa shape index (κ2) is 10.1. The maximum atomic E-state index is 6.23. The van der Waals surface area contributed by atoms with Gasteiger partial charge in [-0.25, -0.2) is 0 Å². The van der Waals surface area contributed by atoms with E-state index >= 15 is 0 Å². The van der Waals surface area contributed by atoms with Crippen molar-refractivity contribution in [3.63, 3.8) is 0 Å². The minimum atomic E-state index is 0.432. The highest BCUT2D eigenvalue weighted by molar-refractivity contribution is 6.31. The van der Waals surface area contributed by atoms with E-state index in [0.29, 0.717) is 12.6 Å². The first-order valence-corrected chi connectivity index (χ1v) is 9.81. The molecule has 0 aliphatic carbocycles. The molecule has 1 atom stereocenters. The van der Waals surface area contributed by atoms with Crippen LogP contribution in [0.5, 0.6) is 5.75 Å². The predicted molar refractivity (Wildman–Crippen MR) is 113 cm³/mol. The van der Waals surface area contributed by atoms with E-state index in [9.17, 15) is 0 Å². The van der Waals surface area contributed by atoms with Gasteiger partial charge in [0, 0.05) is 28.7 Å². The lowest BCUT2D eigenvalue weighted by Gasteiger charge is -2.16. The number of halogens is 1. The largest absolute Gasteiger partial charge is 0.489 e. The van der Waals surface area contributed by atoms with Crippen LogP contribution in [0.3, 0.4) is 0 Å². The molecule has 1 N–H and O–H groups in total. The number of benzene rings is 3. The van der Waals surface area contributed by atoms with E-state index in [1.807, 2.05) is 42.5 Å². The van der Waals surface area contributed by atoms with E-state index in [1.165, 1.54) is 5.56 Å². The smallest absolute Gasteiger partial charge is 0.124 e. The van der Waals surface area contributed by atoms with Gasteiger partial charge in [0.2, 0.25) is 0 Å². The average Bonchev–Trinajstić information content (AvgIpc) is 2.71. The van der Waals surface area contributed by atoms with E-state index in [2.05, 4.69) is 48.6 Å². The van der Waals surface area contributed by atoms with Gasteiger partial charge in [-0.3, -0.25) is 0 Å². The second-order valence-electron chi connectivity index (χ2n) is 6.79. The van der Waals surface area contributed by atoms with Crippen molar-refractivity contribution in [1.29, 1.82) is 0 Å². The summed E-state index contributed by atoms with van der Waals surface area (Å²) in [5.74, 6) is 0.903. The van der Waals surface area contributed by atoms with Gasteiger partial charge in [0.05, 0.1) is 0 Å². The standard InChI is InChI=1S/C24H26ClNO/c1-19(15-16-20-9-3-2-4-10-20)26-17-21-11-6-8-14-24(21)27-18-22-12-5-7-13-23(22)25/h2-14,19,26H,15-18H2,1H3. The summed E-state index contributed by atoms with van der Waals surface area (Å²) in [4.78, 5) is 0. The number of nitrogens with one attached hydrogen (secondary N) is 1. The first-order valence-electron chi connectivity index (χ1n) is 9.44. The molecule has 3 aromatic rings. The molecule has 0 saturated heterocycles. The van der Waals surface area contributed by atoms with Crippen LogP contribution in [0.2, 0.25) is 5.02 Å². The zero-order chi connectivity index (χ0) is 18.9. The second-order valence-corrected chi connectivity index (χ2v) is 7.20. The van der Waals surface area contributed by atoms with Crippen molar-refractivity contribution in [2.45, 2.75) is 39.0 Å². The van der Waals surface area contributed by atoms with Gasteiger partial charge in [0.1, 0.15) is 12.4 Å². The number of para-hydroxylation sites is 1. The number of rotatable bonds is 9. The third-order valence-corrected chi connectivity index (χ3v) is 5.03. The molecule has 1 unspecified atom stereocenters. The fourth-order valence-electron chi connectivity index (χ4n) is 2.98. The Morgan fingerprint density at radius 1 is 0.852 bits per heavy atom. The van der Waals surface area contributed by atoms with E-state index < -0.39 is 0 Å². The molecule has 0 aromatic heterocycles. The molecule has 0 aliphatic rings. The fourth-order valence-corrected chi connectivity index (χ4v) is 3.17. The molecule has 27 heavy (non-hydrogen) atoms. The lowest BCUT2D eigenvalue weighted by atomic mass is 10.1. The molecule has 0 spiro atoms. The van der Waals surface area contributed by atoms with Crippen LogP contribution in [0.4, 0.5) is 0 Å². The summed E-state index contributed by atoms with van der Waals surface area (Å²) in [7, 11) is 0. The molecule has 0 fully saturated rings. The van der Waals surface area contributed by atoms with E-state index in [0.717, 1.165) is 41.3 Å². The van der Waals surface area contributed by atoms with Crippen LogP contribution in [0.1, 0.15) is 30.0 Å². The summed E-state index contributed by atoms with van der Waals surface area (Å²) in [6.07, 6.45) is 2.19. The van der Waals surface area contributed by atoms with Gasteiger partial charge >= 0.3 is 0 Å². The van der Waals surface area contributed by atoms with Crippen LogP contribution >= 0.6 is 11.6 Å². The quantitative estimate of drug-likeness (QED) is 0.490. The molecule has 140 valence electrons. The number of hydrogen-bond donors (Lipinski definition) is 1. The summed E-state index contributed by atoms with van der Waals surface area (Å²) in [5, 5.41) is 4.35. The molecule has 0 radical (unpaired) electrons. The van der Waals surface area contributed by atoms with Crippen LogP contribution in [0.25, 0.3) is 0 Å². The fraction of sp³-hybridized carbons (Fsp3) is 0.250. The Kier molecular flexibility index (Phi) is 7.32. The van der Waals surface area contributed by atoms with Crippen LogP contribution in [0.15, 0.2) is 78.9 Å². The summed E-state index contributed by atoms with van der Waals surface area (Å²) < 4.78 is 6.04.